The van der Waals surface area contributed by atoms with E-state index < -0.39 is 0 Å². The minimum Gasteiger partial charge on any atom is -0.344 e. The van der Waals surface area contributed by atoms with Gasteiger partial charge in [0, 0.05) is 25.2 Å². The van der Waals surface area contributed by atoms with Gasteiger partial charge in [0.2, 0.25) is 5.91 Å². The van der Waals surface area contributed by atoms with E-state index >= 15 is 0 Å². The molecule has 1 atom stereocenters. The maximum Gasteiger partial charge on any atom is 0.240 e. The number of nitrogens with one attached hydrogen (secondary N) is 1. The van der Waals surface area contributed by atoms with Crippen LogP contribution in [0.4, 0.5) is 0 Å². The molecule has 1 heterocycles. The van der Waals surface area contributed by atoms with E-state index in [-0.39, 0.29) is 11.9 Å². The molecule has 0 spiro atoms. The molecule has 1 amide bonds. The van der Waals surface area contributed by atoms with Crippen LogP contribution in [0, 0.1) is 0 Å². The van der Waals surface area contributed by atoms with Gasteiger partial charge in [0.15, 0.2) is 0 Å². The Kier molecular flexibility index (Phi) is 3.88. The van der Waals surface area contributed by atoms with E-state index in [2.05, 4.69) is 12.2 Å². The second-order valence-electron chi connectivity index (χ2n) is 3.03. The Morgan fingerprint density at radius 1 is 1.75 bits per heavy atom. The van der Waals surface area contributed by atoms with Crippen molar-refractivity contribution in [2.75, 3.05) is 25.2 Å². The Bertz CT molecular complexity index is 157. The van der Waals surface area contributed by atoms with Gasteiger partial charge in [-0.25, -0.2) is 0 Å². The van der Waals surface area contributed by atoms with Crippen LogP contribution >= 0.6 is 11.8 Å². The molecule has 3 nitrogen and oxygen atoms in total. The van der Waals surface area contributed by atoms with Crippen LogP contribution in [0.3, 0.4) is 0 Å². The largest absolute Gasteiger partial charge is 0.344 e. The summed E-state index contributed by atoms with van der Waals surface area (Å²) in [7, 11) is 1.87. The fraction of sp³-hybridized carbons (Fsp3) is 0.875. The van der Waals surface area contributed by atoms with E-state index in [0.29, 0.717) is 0 Å². The predicted octanol–water partition coefficient (Wildman–Crippen LogP) is 0.517. The normalized spacial score (nSPS) is 22.7. The number of hydrogen-bond acceptors (Lipinski definition) is 3. The summed E-state index contributed by atoms with van der Waals surface area (Å²) >= 11 is 1.79. The highest BCUT2D eigenvalue weighted by molar-refractivity contribution is 7.99. The lowest BCUT2D eigenvalue weighted by Crippen LogP contribution is -2.43. The van der Waals surface area contributed by atoms with Crippen molar-refractivity contribution >= 4 is 17.7 Å². The molecule has 0 aromatic carbocycles. The van der Waals surface area contributed by atoms with Gasteiger partial charge in [-0.1, -0.05) is 6.92 Å². The van der Waals surface area contributed by atoms with Crippen LogP contribution in [0.1, 0.15) is 13.3 Å². The van der Waals surface area contributed by atoms with Crippen LogP contribution < -0.4 is 5.32 Å². The Morgan fingerprint density at radius 2 is 2.50 bits per heavy atom. The number of likely N-dealkylation sites (N-methyl/N-ethyl adjacent to an activating group) is 1. The third kappa shape index (κ3) is 2.38. The first-order valence-corrected chi connectivity index (χ1v) is 5.47. The monoisotopic (exact) mass is 188 g/mol. The van der Waals surface area contributed by atoms with E-state index in [1.54, 1.807) is 11.8 Å². The van der Waals surface area contributed by atoms with E-state index in [9.17, 15) is 4.79 Å². The SMILES string of the molecule is CCCN(C)C(=O)[C@@H]1CSCN1. The van der Waals surface area contributed by atoms with Crippen LogP contribution in [0.2, 0.25) is 0 Å². The molecule has 1 aliphatic rings. The fourth-order valence-corrected chi connectivity index (χ4v) is 2.20. The minimum absolute atomic E-state index is 0.0616. The maximum absolute atomic E-state index is 11.6. The van der Waals surface area contributed by atoms with Gasteiger partial charge < -0.3 is 4.90 Å². The van der Waals surface area contributed by atoms with Crippen LogP contribution in [-0.4, -0.2) is 42.1 Å². The smallest absolute Gasteiger partial charge is 0.240 e. The second-order valence-corrected chi connectivity index (χ2v) is 4.06. The first-order chi connectivity index (χ1) is 5.75. The lowest BCUT2D eigenvalue weighted by Gasteiger charge is -2.19. The summed E-state index contributed by atoms with van der Waals surface area (Å²) in [6.07, 6.45) is 1.03. The van der Waals surface area contributed by atoms with Crippen molar-refractivity contribution in [3.05, 3.63) is 0 Å². The summed E-state index contributed by atoms with van der Waals surface area (Å²) in [6, 6.07) is 0.0616. The average Bonchev–Trinajstić information content (AvgIpc) is 2.55. The van der Waals surface area contributed by atoms with E-state index in [1.165, 1.54) is 0 Å². The molecular weight excluding hydrogens is 172 g/mol. The molecule has 12 heavy (non-hydrogen) atoms. The molecule has 1 N–H and O–H groups in total. The number of carbonyl (C=O) groups is 1. The lowest BCUT2D eigenvalue weighted by atomic mass is 10.3. The van der Waals surface area contributed by atoms with Crippen LogP contribution in [0.5, 0.6) is 0 Å². The predicted molar refractivity (Wildman–Crippen MR) is 52.2 cm³/mol. The molecule has 0 bridgehead atoms. The third-order valence-electron chi connectivity index (χ3n) is 1.95. The van der Waals surface area contributed by atoms with Crippen molar-refractivity contribution in [2.45, 2.75) is 19.4 Å². The molecule has 0 radical (unpaired) electrons. The molecule has 1 fully saturated rings. The minimum atomic E-state index is 0.0616. The fourth-order valence-electron chi connectivity index (χ4n) is 1.27. The van der Waals surface area contributed by atoms with Gasteiger partial charge in [-0.2, -0.15) is 0 Å². The van der Waals surface area contributed by atoms with Gasteiger partial charge >= 0.3 is 0 Å². The maximum atomic E-state index is 11.6. The quantitative estimate of drug-likeness (QED) is 0.700. The lowest BCUT2D eigenvalue weighted by molar-refractivity contribution is -0.131. The van der Waals surface area contributed by atoms with E-state index in [1.807, 2.05) is 11.9 Å². The Hall–Kier alpha value is -0.220. The van der Waals surface area contributed by atoms with Crippen LogP contribution in [-0.2, 0) is 4.79 Å². The zero-order chi connectivity index (χ0) is 8.97. The molecule has 1 saturated heterocycles. The Morgan fingerprint density at radius 3 is 3.00 bits per heavy atom. The Labute approximate surface area is 77.9 Å². The zero-order valence-electron chi connectivity index (χ0n) is 7.67. The van der Waals surface area contributed by atoms with E-state index in [0.717, 1.165) is 24.6 Å². The Balaban J connectivity index is 2.34. The number of hydrogen-bond donors (Lipinski definition) is 1. The molecule has 1 rings (SSSR count). The zero-order valence-corrected chi connectivity index (χ0v) is 8.49. The molecular formula is C8H16N2OS. The van der Waals surface area contributed by atoms with Crippen LogP contribution in [0.25, 0.3) is 0 Å². The summed E-state index contributed by atoms with van der Waals surface area (Å²) in [5.41, 5.74) is 0. The van der Waals surface area contributed by atoms with Crippen molar-refractivity contribution in [3.8, 4) is 0 Å². The highest BCUT2D eigenvalue weighted by Crippen LogP contribution is 2.11. The van der Waals surface area contributed by atoms with Gasteiger partial charge in [0.1, 0.15) is 0 Å². The summed E-state index contributed by atoms with van der Waals surface area (Å²) in [5.74, 6) is 2.07. The summed E-state index contributed by atoms with van der Waals surface area (Å²) in [4.78, 5) is 13.4. The molecule has 1 aliphatic heterocycles. The summed E-state index contributed by atoms with van der Waals surface area (Å²) in [5, 5.41) is 3.17. The van der Waals surface area contributed by atoms with Crippen molar-refractivity contribution in [1.82, 2.24) is 10.2 Å². The average molecular weight is 188 g/mol. The highest BCUT2D eigenvalue weighted by Gasteiger charge is 2.24. The number of rotatable bonds is 3. The molecule has 0 aromatic rings. The number of thioether (sulfide) groups is 1. The second kappa shape index (κ2) is 4.72. The number of amides is 1. The molecule has 4 heteroatoms. The summed E-state index contributed by atoms with van der Waals surface area (Å²) in [6.45, 7) is 2.95. The number of carbonyl (C=O) groups excluding carboxylic acids is 1. The molecule has 0 aliphatic carbocycles. The van der Waals surface area contributed by atoms with Crippen molar-refractivity contribution < 1.29 is 4.79 Å². The molecule has 0 saturated carbocycles. The molecule has 0 aromatic heterocycles. The van der Waals surface area contributed by atoms with Gasteiger partial charge in [-0.05, 0) is 6.42 Å². The topological polar surface area (TPSA) is 32.3 Å². The van der Waals surface area contributed by atoms with Gasteiger partial charge in [-0.3, -0.25) is 10.1 Å². The molecule has 0 unspecified atom stereocenters. The summed E-state index contributed by atoms with van der Waals surface area (Å²) < 4.78 is 0. The van der Waals surface area contributed by atoms with Crippen molar-refractivity contribution in [1.29, 1.82) is 0 Å². The first kappa shape index (κ1) is 9.86. The van der Waals surface area contributed by atoms with Gasteiger partial charge in [0.25, 0.3) is 0 Å². The van der Waals surface area contributed by atoms with Crippen LogP contribution in [0.15, 0.2) is 0 Å². The van der Waals surface area contributed by atoms with E-state index in [4.69, 9.17) is 0 Å². The first-order valence-electron chi connectivity index (χ1n) is 4.31. The standard InChI is InChI=1S/C8H16N2OS/c1-3-4-10(2)8(11)7-5-12-6-9-7/h7,9H,3-6H2,1-2H3/t7-/m0/s1. The third-order valence-corrected chi connectivity index (χ3v) is 2.89. The van der Waals surface area contributed by atoms with Crippen molar-refractivity contribution in [2.24, 2.45) is 0 Å². The van der Waals surface area contributed by atoms with Gasteiger partial charge in [-0.15, -0.1) is 11.8 Å². The van der Waals surface area contributed by atoms with Gasteiger partial charge in [0.05, 0.1) is 6.04 Å². The van der Waals surface area contributed by atoms with Crippen molar-refractivity contribution in [3.63, 3.8) is 0 Å². The highest BCUT2D eigenvalue weighted by atomic mass is 32.2. The molecule has 70 valence electrons. The number of nitrogens with zero attached hydrogens (tertiary/aromatic N) is 1.